The van der Waals surface area contributed by atoms with Crippen molar-refractivity contribution in [2.75, 3.05) is 0 Å². The largest absolute Gasteiger partial charge is 0.455 e. The molecule has 0 aliphatic heterocycles. The Labute approximate surface area is 189 Å². The summed E-state index contributed by atoms with van der Waals surface area (Å²) in [6.45, 7) is 1.58. The number of aliphatic imine (C=N–C) groups is 1. The van der Waals surface area contributed by atoms with Crippen molar-refractivity contribution in [1.29, 1.82) is 0 Å². The average Bonchev–Trinajstić information content (AvgIpc) is 3.26. The zero-order valence-corrected chi connectivity index (χ0v) is 18.6. The van der Waals surface area contributed by atoms with E-state index in [0.717, 1.165) is 34.8 Å². The second kappa shape index (κ2) is 7.58. The minimum absolute atomic E-state index is 0.0529. The maximum absolute atomic E-state index is 11.6. The lowest BCUT2D eigenvalue weighted by atomic mass is 9.48. The van der Waals surface area contributed by atoms with E-state index in [0.29, 0.717) is 16.7 Å². The van der Waals surface area contributed by atoms with Crippen LogP contribution in [0.15, 0.2) is 70.1 Å². The van der Waals surface area contributed by atoms with Gasteiger partial charge in [0.2, 0.25) is 0 Å². The zero-order valence-electron chi connectivity index (χ0n) is 18.6. The molecule has 0 saturated heterocycles. The quantitative estimate of drug-likeness (QED) is 0.318. The second-order valence-corrected chi connectivity index (χ2v) is 10.3. The third kappa shape index (κ3) is 3.54. The Balaban J connectivity index is 1.18. The van der Waals surface area contributed by atoms with Crippen molar-refractivity contribution in [2.24, 2.45) is 22.7 Å². The fraction of sp³-hybridized carbons (Fsp3) is 0.379. The summed E-state index contributed by atoms with van der Waals surface area (Å²) >= 11 is 0. The first-order chi connectivity index (χ1) is 15.6. The average molecular weight is 424 g/mol. The molecule has 4 bridgehead atoms. The summed E-state index contributed by atoms with van der Waals surface area (Å²) in [6.07, 6.45) is 10.4. The van der Waals surface area contributed by atoms with Gasteiger partial charge in [-0.15, -0.1) is 0 Å². The Morgan fingerprint density at radius 1 is 0.938 bits per heavy atom. The summed E-state index contributed by atoms with van der Waals surface area (Å²) in [5.74, 6) is 4.39. The van der Waals surface area contributed by atoms with Crippen LogP contribution < -0.4 is 0 Å². The molecule has 4 saturated carbocycles. The molecule has 1 aromatic heterocycles. The first-order valence-corrected chi connectivity index (χ1v) is 11.9. The minimum atomic E-state index is 0.0529. The van der Waals surface area contributed by atoms with E-state index < -0.39 is 0 Å². The maximum Gasteiger partial charge on any atom is 0.159 e. The minimum Gasteiger partial charge on any atom is -0.455 e. The number of nitrogens with zero attached hydrogens (tertiary/aromatic N) is 1. The molecule has 0 spiro atoms. The fourth-order valence-electron chi connectivity index (χ4n) is 6.97. The molecule has 2 aromatic carbocycles. The van der Waals surface area contributed by atoms with Gasteiger partial charge in [-0.05, 0) is 105 Å². The third-order valence-electron chi connectivity index (χ3n) is 8.04. The Morgan fingerprint density at radius 3 is 2.28 bits per heavy atom. The van der Waals surface area contributed by atoms with Gasteiger partial charge in [0.15, 0.2) is 5.78 Å². The van der Waals surface area contributed by atoms with Crippen LogP contribution in [0.4, 0.5) is 5.69 Å². The van der Waals surface area contributed by atoms with Crippen molar-refractivity contribution < 1.29 is 9.21 Å². The van der Waals surface area contributed by atoms with Crippen molar-refractivity contribution in [3.05, 3.63) is 77.6 Å². The molecular formula is C29H29NO2. The highest BCUT2D eigenvalue weighted by molar-refractivity contribution is 5.95. The highest BCUT2D eigenvalue weighted by atomic mass is 16.3. The first kappa shape index (κ1) is 19.7. The molecule has 1 heterocycles. The molecular weight excluding hydrogens is 394 g/mol. The van der Waals surface area contributed by atoms with Gasteiger partial charge < -0.3 is 4.42 Å². The number of furan rings is 1. The summed E-state index contributed by atoms with van der Waals surface area (Å²) in [4.78, 5) is 16.3. The fourth-order valence-corrected chi connectivity index (χ4v) is 6.97. The van der Waals surface area contributed by atoms with Crippen LogP contribution >= 0.6 is 0 Å². The number of hydrogen-bond donors (Lipinski definition) is 0. The molecule has 4 fully saturated rings. The van der Waals surface area contributed by atoms with Crippen LogP contribution in [0.25, 0.3) is 11.3 Å². The normalized spacial score (nSPS) is 28.5. The summed E-state index contributed by atoms with van der Waals surface area (Å²) in [6, 6.07) is 20.3. The van der Waals surface area contributed by atoms with Crippen molar-refractivity contribution in [3.63, 3.8) is 0 Å². The van der Waals surface area contributed by atoms with E-state index >= 15 is 0 Å². The Kier molecular flexibility index (Phi) is 4.67. The first-order valence-electron chi connectivity index (χ1n) is 11.9. The molecule has 3 aromatic rings. The number of carbonyl (C=O) groups excluding carboxylic acids is 1. The van der Waals surface area contributed by atoms with E-state index in [4.69, 9.17) is 4.42 Å². The summed E-state index contributed by atoms with van der Waals surface area (Å²) in [7, 11) is 0. The van der Waals surface area contributed by atoms with Crippen LogP contribution in [0, 0.1) is 17.8 Å². The standard InChI is InChI=1S/C29H29NO2/c1-19(31)23-3-2-4-24(14-23)28-10-9-27(32-28)18-30-26-7-5-25(6-8-26)29-15-20-11-21(16-29)13-22(12-20)17-29/h2-10,14,18,20-22H,11-13,15-17H2,1H3. The van der Waals surface area contributed by atoms with Crippen LogP contribution in [0.5, 0.6) is 0 Å². The Hall–Kier alpha value is -2.94. The Bertz CT molecular complexity index is 1150. The summed E-state index contributed by atoms with van der Waals surface area (Å²) in [5.41, 5.74) is 4.50. The number of benzene rings is 2. The van der Waals surface area contributed by atoms with Crippen LogP contribution in [-0.2, 0) is 5.41 Å². The van der Waals surface area contributed by atoms with Gasteiger partial charge in [-0.25, -0.2) is 0 Å². The van der Waals surface area contributed by atoms with Crippen molar-refractivity contribution in [3.8, 4) is 11.3 Å². The van der Waals surface area contributed by atoms with Gasteiger partial charge in [0.1, 0.15) is 11.5 Å². The van der Waals surface area contributed by atoms with E-state index in [1.807, 2.05) is 36.4 Å². The maximum atomic E-state index is 11.6. The van der Waals surface area contributed by atoms with Gasteiger partial charge in [-0.1, -0.05) is 30.3 Å². The van der Waals surface area contributed by atoms with Crippen molar-refractivity contribution in [1.82, 2.24) is 0 Å². The van der Waals surface area contributed by atoms with E-state index in [2.05, 4.69) is 29.3 Å². The lowest BCUT2D eigenvalue weighted by molar-refractivity contribution is -0.00518. The topological polar surface area (TPSA) is 42.6 Å². The molecule has 162 valence electrons. The van der Waals surface area contributed by atoms with Gasteiger partial charge >= 0.3 is 0 Å². The molecule has 32 heavy (non-hydrogen) atoms. The molecule has 0 amide bonds. The summed E-state index contributed by atoms with van der Waals surface area (Å²) < 4.78 is 5.95. The molecule has 0 N–H and O–H groups in total. The van der Waals surface area contributed by atoms with Gasteiger partial charge in [-0.3, -0.25) is 9.79 Å². The highest BCUT2D eigenvalue weighted by Gasteiger charge is 2.51. The van der Waals surface area contributed by atoms with Crippen LogP contribution in [0.3, 0.4) is 0 Å². The molecule has 0 atom stereocenters. The van der Waals surface area contributed by atoms with Crippen LogP contribution in [0.2, 0.25) is 0 Å². The lowest BCUT2D eigenvalue weighted by Crippen LogP contribution is -2.48. The van der Waals surface area contributed by atoms with Crippen molar-refractivity contribution in [2.45, 2.75) is 50.9 Å². The van der Waals surface area contributed by atoms with Crippen molar-refractivity contribution >= 4 is 17.7 Å². The molecule has 4 aliphatic rings. The SMILES string of the molecule is CC(=O)c1cccc(-c2ccc(C=Nc3ccc(C45CC6CC(CC(C6)C4)C5)cc3)o2)c1. The van der Waals surface area contributed by atoms with Gasteiger partial charge in [0.05, 0.1) is 11.9 Å². The smallest absolute Gasteiger partial charge is 0.159 e. The molecule has 3 heteroatoms. The van der Waals surface area contributed by atoms with E-state index in [-0.39, 0.29) is 5.78 Å². The summed E-state index contributed by atoms with van der Waals surface area (Å²) in [5, 5.41) is 0. The number of carbonyl (C=O) groups is 1. The van der Waals surface area contributed by atoms with E-state index in [9.17, 15) is 4.79 Å². The van der Waals surface area contributed by atoms with Crippen LogP contribution in [-0.4, -0.2) is 12.0 Å². The highest BCUT2D eigenvalue weighted by Crippen LogP contribution is 2.60. The predicted molar refractivity (Wildman–Crippen MR) is 128 cm³/mol. The predicted octanol–water partition coefficient (Wildman–Crippen LogP) is 7.37. The third-order valence-corrected chi connectivity index (χ3v) is 8.04. The monoisotopic (exact) mass is 423 g/mol. The number of rotatable bonds is 5. The van der Waals surface area contributed by atoms with Gasteiger partial charge in [-0.2, -0.15) is 0 Å². The van der Waals surface area contributed by atoms with Gasteiger partial charge in [0, 0.05) is 11.1 Å². The molecule has 3 nitrogen and oxygen atoms in total. The van der Waals surface area contributed by atoms with Crippen LogP contribution in [0.1, 0.15) is 67.1 Å². The molecule has 0 radical (unpaired) electrons. The number of Topliss-reactive ketones (excluding diaryl/α,β-unsaturated/α-hetero) is 1. The van der Waals surface area contributed by atoms with E-state index in [1.165, 1.54) is 44.1 Å². The Morgan fingerprint density at radius 2 is 1.62 bits per heavy atom. The number of ketones is 1. The molecule has 4 aliphatic carbocycles. The van der Waals surface area contributed by atoms with E-state index in [1.54, 1.807) is 13.1 Å². The zero-order chi connectivity index (χ0) is 21.7. The molecule has 7 rings (SSSR count). The molecule has 0 unspecified atom stereocenters. The lowest BCUT2D eigenvalue weighted by Gasteiger charge is -2.57. The van der Waals surface area contributed by atoms with Gasteiger partial charge in [0.25, 0.3) is 0 Å². The number of hydrogen-bond acceptors (Lipinski definition) is 3. The second-order valence-electron chi connectivity index (χ2n) is 10.3.